The summed E-state index contributed by atoms with van der Waals surface area (Å²) < 4.78 is 26.4. The number of benzene rings is 1. The van der Waals surface area contributed by atoms with Crippen LogP contribution >= 0.6 is 12.2 Å². The van der Waals surface area contributed by atoms with Gasteiger partial charge in [-0.3, -0.25) is 4.79 Å². The van der Waals surface area contributed by atoms with Gasteiger partial charge in [-0.05, 0) is 49.3 Å². The smallest absolute Gasteiger partial charge is 0.240 e. The first-order valence-corrected chi connectivity index (χ1v) is 10.1. The van der Waals surface area contributed by atoms with Gasteiger partial charge in [0.1, 0.15) is 0 Å². The second-order valence-electron chi connectivity index (χ2n) is 5.94. The third-order valence-electron chi connectivity index (χ3n) is 4.05. The normalized spacial score (nSPS) is 15.4. The van der Waals surface area contributed by atoms with E-state index >= 15 is 0 Å². The van der Waals surface area contributed by atoms with Gasteiger partial charge in [-0.2, -0.15) is 0 Å². The summed E-state index contributed by atoms with van der Waals surface area (Å²) in [4.78, 5) is 12.3. The molecule has 0 bridgehead atoms. The van der Waals surface area contributed by atoms with Crippen molar-refractivity contribution < 1.29 is 13.2 Å². The molecule has 0 saturated heterocycles. The summed E-state index contributed by atoms with van der Waals surface area (Å²) >= 11 is 5.16. The number of amides is 1. The summed E-state index contributed by atoms with van der Waals surface area (Å²) in [6.45, 7) is 3.64. The van der Waals surface area contributed by atoms with Crippen molar-refractivity contribution in [1.29, 1.82) is 0 Å². The number of sulfonamides is 1. The minimum absolute atomic E-state index is 0.0250. The van der Waals surface area contributed by atoms with Crippen LogP contribution in [-0.2, 0) is 14.8 Å². The standard InChI is InChI=1S/C17H23N3O3S2/c1-2-12-18-25(22,23)15-10-8-14(9-11-15)19-17(24)20-16(21)13-6-4-3-5-7-13/h2,8-11,13,18H,1,3-7,12H2,(H2,19,20,21,24). The van der Waals surface area contributed by atoms with Gasteiger partial charge in [0.2, 0.25) is 15.9 Å². The predicted molar refractivity (Wildman–Crippen MR) is 103 cm³/mol. The number of anilines is 1. The van der Waals surface area contributed by atoms with Gasteiger partial charge < -0.3 is 10.6 Å². The van der Waals surface area contributed by atoms with Crippen LogP contribution in [0.2, 0.25) is 0 Å². The highest BCUT2D eigenvalue weighted by molar-refractivity contribution is 7.89. The van der Waals surface area contributed by atoms with E-state index in [9.17, 15) is 13.2 Å². The summed E-state index contributed by atoms with van der Waals surface area (Å²) in [5.41, 5.74) is 0.608. The fraction of sp³-hybridized carbons (Fsp3) is 0.412. The van der Waals surface area contributed by atoms with Crippen molar-refractivity contribution in [2.75, 3.05) is 11.9 Å². The maximum atomic E-state index is 12.2. The second kappa shape index (κ2) is 9.07. The Morgan fingerprint density at radius 3 is 2.44 bits per heavy atom. The van der Waals surface area contributed by atoms with Crippen LogP contribution in [0.15, 0.2) is 41.8 Å². The molecule has 0 aliphatic heterocycles. The zero-order chi connectivity index (χ0) is 18.3. The minimum atomic E-state index is -3.55. The van der Waals surface area contributed by atoms with Gasteiger partial charge in [0.15, 0.2) is 5.11 Å². The first-order valence-electron chi connectivity index (χ1n) is 8.25. The maximum absolute atomic E-state index is 12.2. The molecule has 1 aliphatic rings. The molecule has 0 heterocycles. The van der Waals surface area contributed by atoms with Crippen molar-refractivity contribution in [3.8, 4) is 0 Å². The molecule has 0 spiro atoms. The first kappa shape index (κ1) is 19.6. The van der Waals surface area contributed by atoms with Gasteiger partial charge in [0.05, 0.1) is 4.90 Å². The summed E-state index contributed by atoms with van der Waals surface area (Å²) in [5, 5.41) is 5.83. The monoisotopic (exact) mass is 381 g/mol. The number of carbonyl (C=O) groups is 1. The zero-order valence-electron chi connectivity index (χ0n) is 14.0. The average Bonchev–Trinajstić information content (AvgIpc) is 2.61. The van der Waals surface area contributed by atoms with Crippen molar-refractivity contribution in [2.45, 2.75) is 37.0 Å². The predicted octanol–water partition coefficient (Wildman–Crippen LogP) is 2.54. The van der Waals surface area contributed by atoms with Crippen LogP contribution in [0, 0.1) is 5.92 Å². The topological polar surface area (TPSA) is 87.3 Å². The molecular weight excluding hydrogens is 358 g/mol. The van der Waals surface area contributed by atoms with E-state index < -0.39 is 10.0 Å². The Morgan fingerprint density at radius 1 is 1.20 bits per heavy atom. The van der Waals surface area contributed by atoms with E-state index in [-0.39, 0.29) is 28.4 Å². The lowest BCUT2D eigenvalue weighted by Gasteiger charge is -2.21. The second-order valence-corrected chi connectivity index (χ2v) is 8.12. The van der Waals surface area contributed by atoms with Crippen molar-refractivity contribution >= 4 is 38.9 Å². The number of hydrogen-bond acceptors (Lipinski definition) is 4. The maximum Gasteiger partial charge on any atom is 0.240 e. The Balaban J connectivity index is 1.90. The van der Waals surface area contributed by atoms with Crippen molar-refractivity contribution in [1.82, 2.24) is 10.0 Å². The number of hydrogen-bond donors (Lipinski definition) is 3. The van der Waals surface area contributed by atoms with Crippen molar-refractivity contribution in [3.63, 3.8) is 0 Å². The third kappa shape index (κ3) is 5.91. The van der Waals surface area contributed by atoms with E-state index in [2.05, 4.69) is 21.9 Å². The van der Waals surface area contributed by atoms with Crippen LogP contribution in [0.25, 0.3) is 0 Å². The molecule has 2 rings (SSSR count). The largest absolute Gasteiger partial charge is 0.332 e. The van der Waals surface area contributed by atoms with Gasteiger partial charge in [0.25, 0.3) is 0 Å². The van der Waals surface area contributed by atoms with Gasteiger partial charge in [-0.1, -0.05) is 25.3 Å². The van der Waals surface area contributed by atoms with Crippen LogP contribution in [0.5, 0.6) is 0 Å². The molecule has 1 aromatic rings. The van der Waals surface area contributed by atoms with E-state index in [1.807, 2.05) is 0 Å². The Morgan fingerprint density at radius 2 is 1.84 bits per heavy atom. The van der Waals surface area contributed by atoms with E-state index in [0.29, 0.717) is 5.69 Å². The highest BCUT2D eigenvalue weighted by Crippen LogP contribution is 2.23. The third-order valence-corrected chi connectivity index (χ3v) is 5.70. The lowest BCUT2D eigenvalue weighted by atomic mass is 9.89. The fourth-order valence-electron chi connectivity index (χ4n) is 2.71. The van der Waals surface area contributed by atoms with Gasteiger partial charge in [-0.15, -0.1) is 6.58 Å². The van der Waals surface area contributed by atoms with Crippen LogP contribution in [0.4, 0.5) is 5.69 Å². The highest BCUT2D eigenvalue weighted by Gasteiger charge is 2.21. The number of carbonyl (C=O) groups excluding carboxylic acids is 1. The molecule has 25 heavy (non-hydrogen) atoms. The lowest BCUT2D eigenvalue weighted by Crippen LogP contribution is -2.39. The summed E-state index contributed by atoms with van der Waals surface area (Å²) in [5.74, 6) is -0.0259. The van der Waals surface area contributed by atoms with E-state index in [1.165, 1.54) is 24.6 Å². The van der Waals surface area contributed by atoms with Crippen molar-refractivity contribution in [2.24, 2.45) is 5.92 Å². The average molecular weight is 382 g/mol. The quantitative estimate of drug-likeness (QED) is 0.521. The molecule has 1 aromatic carbocycles. The molecule has 1 fully saturated rings. The Labute approximate surface area is 154 Å². The van der Waals surface area contributed by atoms with Gasteiger partial charge in [0, 0.05) is 18.2 Å². The minimum Gasteiger partial charge on any atom is -0.332 e. The van der Waals surface area contributed by atoms with Crippen molar-refractivity contribution in [3.05, 3.63) is 36.9 Å². The highest BCUT2D eigenvalue weighted by atomic mass is 32.2. The Hall–Kier alpha value is -1.77. The fourth-order valence-corrected chi connectivity index (χ4v) is 3.93. The Bertz CT molecular complexity index is 724. The van der Waals surface area contributed by atoms with Crippen LogP contribution < -0.4 is 15.4 Å². The number of rotatable bonds is 6. The molecule has 136 valence electrons. The molecule has 0 unspecified atom stereocenters. The molecule has 1 saturated carbocycles. The van der Waals surface area contributed by atoms with E-state index in [0.717, 1.165) is 25.7 Å². The van der Waals surface area contributed by atoms with Gasteiger partial charge in [-0.25, -0.2) is 13.1 Å². The van der Waals surface area contributed by atoms with E-state index in [4.69, 9.17) is 12.2 Å². The molecule has 8 heteroatoms. The molecular formula is C17H23N3O3S2. The lowest BCUT2D eigenvalue weighted by molar-refractivity contribution is -0.124. The molecule has 3 N–H and O–H groups in total. The Kier molecular flexibility index (Phi) is 7.10. The molecule has 6 nitrogen and oxygen atoms in total. The van der Waals surface area contributed by atoms with Crippen LogP contribution in [0.1, 0.15) is 32.1 Å². The summed E-state index contributed by atoms with van der Waals surface area (Å²) in [7, 11) is -3.55. The summed E-state index contributed by atoms with van der Waals surface area (Å²) in [6.07, 6.45) is 6.62. The molecule has 0 radical (unpaired) electrons. The number of thiocarbonyl (C=S) groups is 1. The van der Waals surface area contributed by atoms with Gasteiger partial charge >= 0.3 is 0 Å². The first-order chi connectivity index (χ1) is 11.9. The molecule has 1 aliphatic carbocycles. The molecule has 0 aromatic heterocycles. The van der Waals surface area contributed by atoms with Crippen LogP contribution in [0.3, 0.4) is 0 Å². The SMILES string of the molecule is C=CCNS(=O)(=O)c1ccc(NC(=S)NC(=O)C2CCCCC2)cc1. The van der Waals surface area contributed by atoms with E-state index in [1.54, 1.807) is 12.1 Å². The van der Waals surface area contributed by atoms with Crippen LogP contribution in [-0.4, -0.2) is 26.0 Å². The molecule has 1 amide bonds. The summed E-state index contributed by atoms with van der Waals surface area (Å²) in [6, 6.07) is 6.14. The number of nitrogens with one attached hydrogen (secondary N) is 3. The zero-order valence-corrected chi connectivity index (χ0v) is 15.6. The molecule has 0 atom stereocenters.